The minimum absolute atomic E-state index is 0.0559. The van der Waals surface area contributed by atoms with E-state index in [2.05, 4.69) is 0 Å². The Bertz CT molecular complexity index is 958. The van der Waals surface area contributed by atoms with E-state index in [1.54, 1.807) is 24.3 Å². The molecule has 3 aromatic carbocycles. The maximum absolute atomic E-state index is 14.3. The summed E-state index contributed by atoms with van der Waals surface area (Å²) >= 11 is 0. The average molecular weight is 359 g/mol. The molecule has 3 nitrogen and oxygen atoms in total. The Morgan fingerprint density at radius 2 is 1.36 bits per heavy atom. The molecule has 128 valence electrons. The van der Waals surface area contributed by atoms with Gasteiger partial charge in [0.2, 0.25) is 0 Å². The van der Waals surface area contributed by atoms with Crippen molar-refractivity contribution >= 4 is 15.7 Å². The summed E-state index contributed by atoms with van der Waals surface area (Å²) in [6, 6.07) is 18.9. The first-order chi connectivity index (χ1) is 12.0. The average Bonchev–Trinajstić information content (AvgIpc) is 2.63. The first kappa shape index (κ1) is 17.1. The van der Waals surface area contributed by atoms with Crippen LogP contribution in [0.3, 0.4) is 0 Å². The van der Waals surface area contributed by atoms with Crippen LogP contribution in [0.2, 0.25) is 0 Å². The zero-order valence-electron chi connectivity index (χ0n) is 13.1. The second-order valence-electron chi connectivity index (χ2n) is 5.40. The second kappa shape index (κ2) is 7.03. The molecule has 0 amide bonds. The zero-order valence-corrected chi connectivity index (χ0v) is 14.0. The van der Waals surface area contributed by atoms with Crippen molar-refractivity contribution in [2.45, 2.75) is 11.4 Å². The third kappa shape index (κ3) is 3.69. The molecule has 0 aliphatic heterocycles. The van der Waals surface area contributed by atoms with Crippen LogP contribution in [0.4, 0.5) is 14.5 Å². The van der Waals surface area contributed by atoms with Crippen molar-refractivity contribution in [3.05, 3.63) is 96.1 Å². The molecule has 0 aromatic heterocycles. The Kier molecular flexibility index (Phi) is 4.81. The molecule has 0 aliphatic rings. The molecular weight excluding hydrogens is 344 g/mol. The van der Waals surface area contributed by atoms with E-state index in [4.69, 9.17) is 0 Å². The van der Waals surface area contributed by atoms with Crippen LogP contribution in [0.25, 0.3) is 0 Å². The van der Waals surface area contributed by atoms with Gasteiger partial charge in [-0.15, -0.1) is 0 Å². The number of sulfonamides is 1. The fraction of sp³-hybridized carbons (Fsp3) is 0.0526. The van der Waals surface area contributed by atoms with Crippen LogP contribution in [-0.2, 0) is 16.6 Å². The molecule has 0 aliphatic carbocycles. The van der Waals surface area contributed by atoms with Gasteiger partial charge in [-0.2, -0.15) is 0 Å². The molecule has 3 rings (SSSR count). The van der Waals surface area contributed by atoms with E-state index in [1.807, 2.05) is 0 Å². The first-order valence-electron chi connectivity index (χ1n) is 7.55. The van der Waals surface area contributed by atoms with E-state index < -0.39 is 21.7 Å². The summed E-state index contributed by atoms with van der Waals surface area (Å²) in [6.45, 7) is -0.113. The predicted molar refractivity (Wildman–Crippen MR) is 92.6 cm³/mol. The van der Waals surface area contributed by atoms with Crippen LogP contribution in [0.1, 0.15) is 5.56 Å². The number of hydrogen-bond donors (Lipinski definition) is 0. The summed E-state index contributed by atoms with van der Waals surface area (Å²) in [6.07, 6.45) is 0. The Hall–Kier alpha value is -2.73. The zero-order chi connectivity index (χ0) is 17.9. The molecular formula is C19H15F2NO2S. The van der Waals surface area contributed by atoms with Crippen molar-refractivity contribution in [3.63, 3.8) is 0 Å². The van der Waals surface area contributed by atoms with E-state index in [0.717, 1.165) is 4.31 Å². The topological polar surface area (TPSA) is 37.4 Å². The summed E-state index contributed by atoms with van der Waals surface area (Å²) in [5.74, 6) is -1.07. The minimum atomic E-state index is -3.99. The molecule has 0 unspecified atom stereocenters. The monoisotopic (exact) mass is 359 g/mol. The second-order valence-corrected chi connectivity index (χ2v) is 7.26. The van der Waals surface area contributed by atoms with Gasteiger partial charge in [0.1, 0.15) is 11.6 Å². The Labute approximate surface area is 145 Å². The van der Waals surface area contributed by atoms with Crippen molar-refractivity contribution in [1.29, 1.82) is 0 Å². The van der Waals surface area contributed by atoms with Crippen LogP contribution in [0, 0.1) is 11.6 Å². The summed E-state index contributed by atoms with van der Waals surface area (Å²) in [5.41, 5.74) is 0.486. The number of para-hydroxylation sites is 1. The largest absolute Gasteiger partial charge is 0.264 e. The van der Waals surface area contributed by atoms with Crippen molar-refractivity contribution in [3.8, 4) is 0 Å². The number of benzene rings is 3. The normalized spacial score (nSPS) is 11.3. The molecule has 3 aromatic rings. The molecule has 0 spiro atoms. The van der Waals surface area contributed by atoms with Gasteiger partial charge < -0.3 is 0 Å². The maximum atomic E-state index is 14.3. The number of halogens is 2. The third-order valence-electron chi connectivity index (χ3n) is 3.69. The van der Waals surface area contributed by atoms with E-state index in [-0.39, 0.29) is 17.1 Å². The van der Waals surface area contributed by atoms with Crippen LogP contribution in [0.5, 0.6) is 0 Å². The van der Waals surface area contributed by atoms with Gasteiger partial charge in [0, 0.05) is 0 Å². The smallest absolute Gasteiger partial charge is 0.259 e. The van der Waals surface area contributed by atoms with Gasteiger partial charge in [-0.05, 0) is 42.0 Å². The summed E-state index contributed by atoms with van der Waals surface area (Å²) < 4.78 is 54.5. The highest BCUT2D eigenvalue weighted by molar-refractivity contribution is 7.92. The Morgan fingerprint density at radius 1 is 0.760 bits per heavy atom. The minimum Gasteiger partial charge on any atom is -0.259 e. The SMILES string of the molecule is O=S(=O)(c1ccccc1)N(Cc1ccc(F)cc1)c1ccccc1F. The maximum Gasteiger partial charge on any atom is 0.264 e. The molecule has 0 radical (unpaired) electrons. The lowest BCUT2D eigenvalue weighted by molar-refractivity contribution is 0.584. The van der Waals surface area contributed by atoms with Crippen molar-refractivity contribution in [2.75, 3.05) is 4.31 Å². The molecule has 0 saturated carbocycles. The molecule has 0 heterocycles. The van der Waals surface area contributed by atoms with Gasteiger partial charge in [-0.1, -0.05) is 42.5 Å². The van der Waals surface area contributed by atoms with E-state index in [9.17, 15) is 17.2 Å². The molecule has 0 saturated heterocycles. The molecule has 0 N–H and O–H groups in total. The van der Waals surface area contributed by atoms with Gasteiger partial charge in [0.15, 0.2) is 0 Å². The summed E-state index contributed by atoms with van der Waals surface area (Å²) in [7, 11) is -3.99. The fourth-order valence-electron chi connectivity index (χ4n) is 2.43. The lowest BCUT2D eigenvalue weighted by Gasteiger charge is -2.25. The van der Waals surface area contributed by atoms with Crippen LogP contribution >= 0.6 is 0 Å². The number of anilines is 1. The molecule has 25 heavy (non-hydrogen) atoms. The molecule has 0 fully saturated rings. The molecule has 0 atom stereocenters. The van der Waals surface area contributed by atoms with E-state index >= 15 is 0 Å². The standard InChI is InChI=1S/C19H15F2NO2S/c20-16-12-10-15(11-13-16)14-22(19-9-5-4-8-18(19)21)25(23,24)17-6-2-1-3-7-17/h1-13H,14H2. The highest BCUT2D eigenvalue weighted by Crippen LogP contribution is 2.28. The fourth-order valence-corrected chi connectivity index (χ4v) is 3.91. The number of nitrogens with zero attached hydrogens (tertiary/aromatic N) is 1. The van der Waals surface area contributed by atoms with Crippen LogP contribution in [0.15, 0.2) is 83.8 Å². The predicted octanol–water partition coefficient (Wildman–Crippen LogP) is 4.36. The highest BCUT2D eigenvalue weighted by atomic mass is 32.2. The van der Waals surface area contributed by atoms with Crippen LogP contribution < -0.4 is 4.31 Å². The summed E-state index contributed by atoms with van der Waals surface area (Å²) in [5, 5.41) is 0. The molecule has 0 bridgehead atoms. The third-order valence-corrected chi connectivity index (χ3v) is 5.47. The molecule has 6 heteroatoms. The van der Waals surface area contributed by atoms with Crippen molar-refractivity contribution in [1.82, 2.24) is 0 Å². The van der Waals surface area contributed by atoms with Gasteiger partial charge in [0.25, 0.3) is 10.0 Å². The number of hydrogen-bond acceptors (Lipinski definition) is 2. The lowest BCUT2D eigenvalue weighted by Crippen LogP contribution is -2.31. The highest BCUT2D eigenvalue weighted by Gasteiger charge is 2.27. The van der Waals surface area contributed by atoms with E-state index in [1.165, 1.54) is 54.6 Å². The van der Waals surface area contributed by atoms with Gasteiger partial charge >= 0.3 is 0 Å². The summed E-state index contributed by atoms with van der Waals surface area (Å²) in [4.78, 5) is 0.0559. The van der Waals surface area contributed by atoms with Crippen LogP contribution in [-0.4, -0.2) is 8.42 Å². The Balaban J connectivity index is 2.09. The quantitative estimate of drug-likeness (QED) is 0.679. The van der Waals surface area contributed by atoms with E-state index in [0.29, 0.717) is 5.56 Å². The van der Waals surface area contributed by atoms with Gasteiger partial charge in [0.05, 0.1) is 17.1 Å². The van der Waals surface area contributed by atoms with Gasteiger partial charge in [-0.3, -0.25) is 4.31 Å². The van der Waals surface area contributed by atoms with Gasteiger partial charge in [-0.25, -0.2) is 17.2 Å². The first-order valence-corrected chi connectivity index (χ1v) is 8.99. The Morgan fingerprint density at radius 3 is 2.00 bits per heavy atom. The lowest BCUT2D eigenvalue weighted by atomic mass is 10.2. The van der Waals surface area contributed by atoms with Crippen molar-refractivity contribution in [2.24, 2.45) is 0 Å². The van der Waals surface area contributed by atoms with Crippen molar-refractivity contribution < 1.29 is 17.2 Å². The number of rotatable bonds is 5.